The molecule has 0 saturated heterocycles. The average molecular weight is 458 g/mol. The average Bonchev–Trinajstić information content (AvgIpc) is 3.23. The number of nitrogens with zero attached hydrogens (tertiary/aromatic N) is 3. The van der Waals surface area contributed by atoms with Gasteiger partial charge in [-0.25, -0.2) is 14.2 Å². The Balaban J connectivity index is 1.46. The number of nitrogens with one attached hydrogen (secondary N) is 2. The number of hydrogen-bond acceptors (Lipinski definition) is 5. The minimum Gasteiger partial charge on any atom is -0.489 e. The molecule has 3 aromatic carbocycles. The molecule has 0 spiro atoms. The summed E-state index contributed by atoms with van der Waals surface area (Å²) in [6.07, 6.45) is 3.42. The minimum absolute atomic E-state index is 0.267. The van der Waals surface area contributed by atoms with Gasteiger partial charge in [0.15, 0.2) is 5.82 Å². The summed E-state index contributed by atoms with van der Waals surface area (Å²) in [5.41, 5.74) is 6.14. The van der Waals surface area contributed by atoms with Gasteiger partial charge in [-0.05, 0) is 58.9 Å². The third-order valence-electron chi connectivity index (χ3n) is 5.33. The standard InChI is InChI=1S/C25H20FN5OS/c26-20-8-5-17(6-9-20)16-32-23-10-7-18-3-1-2-4-21(18)22(23)15-28-31-24(29-30-25(31)33)19-11-13-27-14-12-19/h1-14,28H,15-16H2,(H,30,33). The van der Waals surface area contributed by atoms with E-state index in [4.69, 9.17) is 17.0 Å². The highest BCUT2D eigenvalue weighted by Crippen LogP contribution is 2.29. The van der Waals surface area contributed by atoms with Crippen LogP contribution in [0, 0.1) is 10.6 Å². The fraction of sp³-hybridized carbons (Fsp3) is 0.0800. The molecule has 8 heteroatoms. The van der Waals surface area contributed by atoms with Crippen LogP contribution in [0.5, 0.6) is 5.75 Å². The van der Waals surface area contributed by atoms with Crippen LogP contribution in [-0.4, -0.2) is 19.9 Å². The van der Waals surface area contributed by atoms with Gasteiger partial charge in [0.25, 0.3) is 0 Å². The Morgan fingerprint density at radius 1 is 0.970 bits per heavy atom. The molecule has 2 N–H and O–H groups in total. The molecule has 33 heavy (non-hydrogen) atoms. The van der Waals surface area contributed by atoms with Gasteiger partial charge in [-0.2, -0.15) is 5.10 Å². The van der Waals surface area contributed by atoms with E-state index in [2.05, 4.69) is 32.7 Å². The molecule has 0 aliphatic heterocycles. The molecule has 0 atom stereocenters. The number of fused-ring (bicyclic) bond motifs is 1. The molecule has 0 amide bonds. The number of benzene rings is 3. The molecule has 5 aromatic rings. The number of rotatable bonds is 7. The van der Waals surface area contributed by atoms with E-state index in [1.165, 1.54) is 12.1 Å². The summed E-state index contributed by atoms with van der Waals surface area (Å²) in [4.78, 5) is 4.07. The molecule has 0 radical (unpaired) electrons. The first kappa shape index (κ1) is 20.8. The quantitative estimate of drug-likeness (QED) is 0.311. The molecular formula is C25H20FN5OS. The normalized spacial score (nSPS) is 10.9. The van der Waals surface area contributed by atoms with Crippen molar-refractivity contribution in [2.24, 2.45) is 0 Å². The zero-order valence-corrected chi connectivity index (χ0v) is 18.3. The van der Waals surface area contributed by atoms with Gasteiger partial charge in [0.2, 0.25) is 4.77 Å². The molecule has 6 nitrogen and oxygen atoms in total. The van der Waals surface area contributed by atoms with E-state index in [0.717, 1.165) is 33.2 Å². The number of H-pyrrole nitrogens is 1. The molecule has 164 valence electrons. The van der Waals surface area contributed by atoms with Gasteiger partial charge < -0.3 is 10.2 Å². The smallest absolute Gasteiger partial charge is 0.214 e. The number of hydrogen-bond donors (Lipinski definition) is 2. The summed E-state index contributed by atoms with van der Waals surface area (Å²) in [5, 5.41) is 9.38. The molecule has 0 aliphatic carbocycles. The number of halogens is 1. The van der Waals surface area contributed by atoms with Crippen LogP contribution in [0.25, 0.3) is 22.2 Å². The molecule has 0 unspecified atom stereocenters. The van der Waals surface area contributed by atoms with E-state index < -0.39 is 0 Å². The molecule has 2 heterocycles. The Morgan fingerprint density at radius 3 is 2.58 bits per heavy atom. The van der Waals surface area contributed by atoms with Crippen molar-refractivity contribution < 1.29 is 9.13 Å². The second kappa shape index (κ2) is 9.22. The number of aromatic nitrogens is 4. The van der Waals surface area contributed by atoms with E-state index in [1.807, 2.05) is 36.4 Å². The summed E-state index contributed by atoms with van der Waals surface area (Å²) in [6, 6.07) is 22.2. The SMILES string of the molecule is Fc1ccc(COc2ccc3ccccc3c2CNn2c(-c3ccncc3)n[nH]c2=S)cc1. The van der Waals surface area contributed by atoms with Crippen LogP contribution < -0.4 is 10.2 Å². The molecule has 2 aromatic heterocycles. The Hall–Kier alpha value is -4.04. The van der Waals surface area contributed by atoms with Crippen molar-refractivity contribution in [2.45, 2.75) is 13.2 Å². The zero-order valence-electron chi connectivity index (χ0n) is 17.5. The van der Waals surface area contributed by atoms with Gasteiger partial charge in [0, 0.05) is 23.5 Å². The van der Waals surface area contributed by atoms with Crippen molar-refractivity contribution in [3.8, 4) is 17.1 Å². The van der Waals surface area contributed by atoms with Crippen molar-refractivity contribution in [3.63, 3.8) is 0 Å². The van der Waals surface area contributed by atoms with Crippen LogP contribution >= 0.6 is 12.2 Å². The maximum Gasteiger partial charge on any atom is 0.214 e. The van der Waals surface area contributed by atoms with Crippen LogP contribution in [0.4, 0.5) is 4.39 Å². The highest BCUT2D eigenvalue weighted by atomic mass is 32.1. The summed E-state index contributed by atoms with van der Waals surface area (Å²) in [6.45, 7) is 0.783. The maximum absolute atomic E-state index is 13.2. The largest absolute Gasteiger partial charge is 0.489 e. The Bertz CT molecular complexity index is 1450. The molecule has 5 rings (SSSR count). The third kappa shape index (κ3) is 4.47. The van der Waals surface area contributed by atoms with E-state index in [9.17, 15) is 4.39 Å². The predicted molar refractivity (Wildman–Crippen MR) is 128 cm³/mol. The van der Waals surface area contributed by atoms with Gasteiger partial charge in [-0.3, -0.25) is 4.98 Å². The highest BCUT2D eigenvalue weighted by Gasteiger charge is 2.13. The van der Waals surface area contributed by atoms with Crippen LogP contribution in [0.3, 0.4) is 0 Å². The number of ether oxygens (including phenoxy) is 1. The van der Waals surface area contributed by atoms with E-state index in [-0.39, 0.29) is 5.82 Å². The summed E-state index contributed by atoms with van der Waals surface area (Å²) >= 11 is 5.45. The van der Waals surface area contributed by atoms with Gasteiger partial charge in [-0.1, -0.05) is 42.5 Å². The fourth-order valence-electron chi connectivity index (χ4n) is 3.67. The molecule has 0 aliphatic rings. The zero-order chi connectivity index (χ0) is 22.6. The van der Waals surface area contributed by atoms with Gasteiger partial charge in [0.1, 0.15) is 18.2 Å². The predicted octanol–water partition coefficient (Wildman–Crippen LogP) is 5.62. The monoisotopic (exact) mass is 457 g/mol. The van der Waals surface area contributed by atoms with Crippen LogP contribution in [-0.2, 0) is 13.2 Å². The summed E-state index contributed by atoms with van der Waals surface area (Å²) in [7, 11) is 0. The molecule has 0 bridgehead atoms. The summed E-state index contributed by atoms with van der Waals surface area (Å²) < 4.78 is 21.6. The van der Waals surface area contributed by atoms with Crippen LogP contribution in [0.2, 0.25) is 0 Å². The van der Waals surface area contributed by atoms with E-state index in [1.54, 1.807) is 29.2 Å². The lowest BCUT2D eigenvalue weighted by molar-refractivity contribution is 0.303. The Kier molecular flexibility index (Phi) is 5.82. The Labute approximate surface area is 194 Å². The van der Waals surface area contributed by atoms with Crippen molar-refractivity contribution >= 4 is 23.0 Å². The number of pyridine rings is 1. The van der Waals surface area contributed by atoms with Gasteiger partial charge >= 0.3 is 0 Å². The Morgan fingerprint density at radius 2 is 1.76 bits per heavy atom. The summed E-state index contributed by atoms with van der Waals surface area (Å²) in [5.74, 6) is 1.14. The highest BCUT2D eigenvalue weighted by molar-refractivity contribution is 7.71. The maximum atomic E-state index is 13.2. The van der Waals surface area contributed by atoms with E-state index in [0.29, 0.717) is 23.7 Å². The lowest BCUT2D eigenvalue weighted by atomic mass is 10.0. The van der Waals surface area contributed by atoms with Gasteiger partial charge in [-0.15, -0.1) is 0 Å². The number of aromatic amines is 1. The lowest BCUT2D eigenvalue weighted by Crippen LogP contribution is -2.17. The second-order valence-electron chi connectivity index (χ2n) is 7.44. The second-order valence-corrected chi connectivity index (χ2v) is 7.82. The molecular weight excluding hydrogens is 437 g/mol. The lowest BCUT2D eigenvalue weighted by Gasteiger charge is -2.17. The first-order valence-electron chi connectivity index (χ1n) is 10.4. The molecule has 0 fully saturated rings. The fourth-order valence-corrected chi connectivity index (χ4v) is 3.87. The topological polar surface area (TPSA) is 67.8 Å². The van der Waals surface area contributed by atoms with Crippen molar-refractivity contribution in [3.05, 3.63) is 107 Å². The van der Waals surface area contributed by atoms with Crippen molar-refractivity contribution in [1.29, 1.82) is 0 Å². The van der Waals surface area contributed by atoms with Crippen molar-refractivity contribution in [2.75, 3.05) is 5.43 Å². The van der Waals surface area contributed by atoms with Gasteiger partial charge in [0.05, 0.1) is 6.54 Å². The van der Waals surface area contributed by atoms with Crippen molar-refractivity contribution in [1.82, 2.24) is 19.9 Å². The molecule has 0 saturated carbocycles. The minimum atomic E-state index is -0.267. The third-order valence-corrected chi connectivity index (χ3v) is 5.60. The van der Waals surface area contributed by atoms with Crippen LogP contribution in [0.15, 0.2) is 85.2 Å². The van der Waals surface area contributed by atoms with Crippen LogP contribution in [0.1, 0.15) is 11.1 Å². The first-order chi connectivity index (χ1) is 16.2. The first-order valence-corrected chi connectivity index (χ1v) is 10.8. The van der Waals surface area contributed by atoms with E-state index >= 15 is 0 Å².